The highest BCUT2D eigenvalue weighted by atomic mass is 16.2. The minimum Gasteiger partial charge on any atom is -0.352 e. The Bertz CT molecular complexity index is 500. The van der Waals surface area contributed by atoms with Gasteiger partial charge in [0.25, 0.3) is 0 Å². The molecular weight excluding hydrogens is 230 g/mol. The predicted octanol–water partition coefficient (Wildman–Crippen LogP) is 0.325. The average Bonchev–Trinajstić information content (AvgIpc) is 2.39. The van der Waals surface area contributed by atoms with Crippen LogP contribution in [0.25, 0.3) is 0 Å². The van der Waals surface area contributed by atoms with Gasteiger partial charge >= 0.3 is 0 Å². The first kappa shape index (κ1) is 12.3. The predicted molar refractivity (Wildman–Crippen MR) is 66.0 cm³/mol. The summed E-state index contributed by atoms with van der Waals surface area (Å²) in [6, 6.07) is 2.11. The van der Waals surface area contributed by atoms with Gasteiger partial charge in [0.05, 0.1) is 6.20 Å². The van der Waals surface area contributed by atoms with Crippen LogP contribution in [-0.4, -0.2) is 47.0 Å². The lowest BCUT2D eigenvalue weighted by atomic mass is 10.2. The SMILES string of the molecule is CC(=O)N1CCN(c2nc(C)ncc2C#N)CC1. The smallest absolute Gasteiger partial charge is 0.219 e. The highest BCUT2D eigenvalue weighted by Crippen LogP contribution is 2.18. The third-order valence-corrected chi connectivity index (χ3v) is 3.03. The van der Waals surface area contributed by atoms with Gasteiger partial charge in [0.2, 0.25) is 5.91 Å². The van der Waals surface area contributed by atoms with Crippen LogP contribution in [0, 0.1) is 18.3 Å². The minimum atomic E-state index is 0.0917. The first-order chi connectivity index (χ1) is 8.61. The Balaban J connectivity index is 2.17. The molecular formula is C12H15N5O. The van der Waals surface area contributed by atoms with Gasteiger partial charge in [0, 0.05) is 33.1 Å². The Hall–Kier alpha value is -2.16. The van der Waals surface area contributed by atoms with E-state index in [1.165, 1.54) is 0 Å². The van der Waals surface area contributed by atoms with E-state index in [1.54, 1.807) is 24.9 Å². The quantitative estimate of drug-likeness (QED) is 0.712. The molecule has 2 heterocycles. The van der Waals surface area contributed by atoms with Crippen molar-refractivity contribution >= 4 is 11.7 Å². The number of hydrogen-bond donors (Lipinski definition) is 0. The minimum absolute atomic E-state index is 0.0917. The number of aromatic nitrogens is 2. The molecule has 1 amide bonds. The molecule has 6 nitrogen and oxygen atoms in total. The first-order valence-electron chi connectivity index (χ1n) is 5.86. The highest BCUT2D eigenvalue weighted by molar-refractivity contribution is 5.73. The fraction of sp³-hybridized carbons (Fsp3) is 0.500. The van der Waals surface area contributed by atoms with Crippen LogP contribution in [0.4, 0.5) is 5.82 Å². The molecule has 0 radical (unpaired) electrons. The third-order valence-electron chi connectivity index (χ3n) is 3.03. The maximum absolute atomic E-state index is 11.2. The van der Waals surface area contributed by atoms with Crippen LogP contribution in [0.2, 0.25) is 0 Å². The zero-order valence-corrected chi connectivity index (χ0v) is 10.6. The lowest BCUT2D eigenvalue weighted by Gasteiger charge is -2.35. The topological polar surface area (TPSA) is 73.1 Å². The van der Waals surface area contributed by atoms with Crippen LogP contribution in [0.5, 0.6) is 0 Å². The average molecular weight is 245 g/mol. The van der Waals surface area contributed by atoms with Crippen LogP contribution >= 0.6 is 0 Å². The number of hydrogen-bond acceptors (Lipinski definition) is 5. The number of aryl methyl sites for hydroxylation is 1. The summed E-state index contributed by atoms with van der Waals surface area (Å²) in [5.74, 6) is 1.42. The fourth-order valence-corrected chi connectivity index (χ4v) is 2.01. The fourth-order valence-electron chi connectivity index (χ4n) is 2.01. The van der Waals surface area contributed by atoms with Crippen LogP contribution in [0.1, 0.15) is 18.3 Å². The summed E-state index contributed by atoms with van der Waals surface area (Å²) in [5.41, 5.74) is 0.483. The summed E-state index contributed by atoms with van der Waals surface area (Å²) in [6.45, 7) is 6.11. The van der Waals surface area contributed by atoms with Gasteiger partial charge in [-0.3, -0.25) is 4.79 Å². The second-order valence-electron chi connectivity index (χ2n) is 4.26. The van der Waals surface area contributed by atoms with Crippen molar-refractivity contribution in [2.24, 2.45) is 0 Å². The summed E-state index contributed by atoms with van der Waals surface area (Å²) < 4.78 is 0. The number of rotatable bonds is 1. The van der Waals surface area contributed by atoms with E-state index in [0.29, 0.717) is 43.4 Å². The van der Waals surface area contributed by atoms with Crippen molar-refractivity contribution in [1.82, 2.24) is 14.9 Å². The number of carbonyl (C=O) groups excluding carboxylic acids is 1. The monoisotopic (exact) mass is 245 g/mol. The molecule has 0 saturated carbocycles. The standard InChI is InChI=1S/C12H15N5O/c1-9-14-8-11(7-13)12(15-9)17-5-3-16(4-6-17)10(2)18/h8H,3-6H2,1-2H3. The Labute approximate surface area is 106 Å². The van der Waals surface area contributed by atoms with Crippen molar-refractivity contribution in [3.05, 3.63) is 17.6 Å². The van der Waals surface area contributed by atoms with Crippen molar-refractivity contribution in [2.45, 2.75) is 13.8 Å². The molecule has 1 aromatic rings. The van der Waals surface area contributed by atoms with Crippen molar-refractivity contribution in [2.75, 3.05) is 31.1 Å². The van der Waals surface area contributed by atoms with E-state index in [-0.39, 0.29) is 5.91 Å². The van der Waals surface area contributed by atoms with Gasteiger partial charge in [-0.2, -0.15) is 5.26 Å². The summed E-state index contributed by atoms with van der Waals surface area (Å²) in [5, 5.41) is 9.06. The maximum Gasteiger partial charge on any atom is 0.219 e. The molecule has 1 saturated heterocycles. The molecule has 0 spiro atoms. The maximum atomic E-state index is 11.2. The van der Waals surface area contributed by atoms with Gasteiger partial charge in [0.1, 0.15) is 23.3 Å². The molecule has 0 bridgehead atoms. The van der Waals surface area contributed by atoms with Crippen molar-refractivity contribution in [3.8, 4) is 6.07 Å². The van der Waals surface area contributed by atoms with E-state index in [4.69, 9.17) is 5.26 Å². The second-order valence-corrected chi connectivity index (χ2v) is 4.26. The lowest BCUT2D eigenvalue weighted by molar-refractivity contribution is -0.129. The van der Waals surface area contributed by atoms with E-state index in [0.717, 1.165) is 0 Å². The van der Waals surface area contributed by atoms with Gasteiger partial charge in [-0.1, -0.05) is 0 Å². The molecule has 1 aliphatic heterocycles. The first-order valence-corrected chi connectivity index (χ1v) is 5.86. The molecule has 0 aliphatic carbocycles. The summed E-state index contributed by atoms with van der Waals surface area (Å²) in [6.07, 6.45) is 1.55. The van der Waals surface area contributed by atoms with Crippen LogP contribution < -0.4 is 4.90 Å². The van der Waals surface area contributed by atoms with Crippen LogP contribution in [-0.2, 0) is 4.79 Å². The van der Waals surface area contributed by atoms with E-state index >= 15 is 0 Å². The Morgan fingerprint density at radius 3 is 2.61 bits per heavy atom. The molecule has 1 aromatic heterocycles. The van der Waals surface area contributed by atoms with Crippen molar-refractivity contribution in [1.29, 1.82) is 5.26 Å². The second kappa shape index (κ2) is 5.00. The van der Waals surface area contributed by atoms with Gasteiger partial charge in [-0.25, -0.2) is 9.97 Å². The molecule has 0 N–H and O–H groups in total. The number of anilines is 1. The van der Waals surface area contributed by atoms with Gasteiger partial charge in [-0.15, -0.1) is 0 Å². The molecule has 2 rings (SSSR count). The zero-order chi connectivity index (χ0) is 13.1. The van der Waals surface area contributed by atoms with E-state index in [1.807, 2.05) is 4.90 Å². The summed E-state index contributed by atoms with van der Waals surface area (Å²) in [4.78, 5) is 23.4. The van der Waals surface area contributed by atoms with E-state index < -0.39 is 0 Å². The molecule has 94 valence electrons. The molecule has 0 atom stereocenters. The van der Waals surface area contributed by atoms with E-state index in [2.05, 4.69) is 16.0 Å². The third kappa shape index (κ3) is 2.40. The summed E-state index contributed by atoms with van der Waals surface area (Å²) in [7, 11) is 0. The number of nitrogens with zero attached hydrogens (tertiary/aromatic N) is 5. The largest absolute Gasteiger partial charge is 0.352 e. The van der Waals surface area contributed by atoms with E-state index in [9.17, 15) is 4.79 Å². The van der Waals surface area contributed by atoms with Crippen molar-refractivity contribution in [3.63, 3.8) is 0 Å². The molecule has 1 fully saturated rings. The molecule has 1 aliphatic rings. The van der Waals surface area contributed by atoms with Crippen LogP contribution in [0.3, 0.4) is 0 Å². The Kier molecular flexibility index (Phi) is 3.42. The highest BCUT2D eigenvalue weighted by Gasteiger charge is 2.21. The number of carbonyl (C=O) groups is 1. The molecule has 0 aromatic carbocycles. The normalized spacial score (nSPS) is 15.4. The molecule has 18 heavy (non-hydrogen) atoms. The molecule has 6 heteroatoms. The molecule has 0 unspecified atom stereocenters. The van der Waals surface area contributed by atoms with Crippen molar-refractivity contribution < 1.29 is 4.79 Å². The number of piperazine rings is 1. The zero-order valence-electron chi connectivity index (χ0n) is 10.6. The van der Waals surface area contributed by atoms with Gasteiger partial charge in [-0.05, 0) is 6.92 Å². The lowest BCUT2D eigenvalue weighted by Crippen LogP contribution is -2.48. The Morgan fingerprint density at radius 2 is 2.06 bits per heavy atom. The summed E-state index contributed by atoms with van der Waals surface area (Å²) >= 11 is 0. The van der Waals surface area contributed by atoms with Gasteiger partial charge < -0.3 is 9.80 Å². The number of amides is 1. The Morgan fingerprint density at radius 1 is 1.39 bits per heavy atom. The van der Waals surface area contributed by atoms with Crippen LogP contribution in [0.15, 0.2) is 6.20 Å². The number of nitriles is 1. The van der Waals surface area contributed by atoms with Gasteiger partial charge in [0.15, 0.2) is 0 Å².